The molecule has 6 nitrogen and oxygen atoms in total. The van der Waals surface area contributed by atoms with Gasteiger partial charge in [-0.2, -0.15) is 0 Å². The van der Waals surface area contributed by atoms with Crippen molar-refractivity contribution in [1.29, 1.82) is 0 Å². The van der Waals surface area contributed by atoms with Crippen molar-refractivity contribution < 1.29 is 28.6 Å². The van der Waals surface area contributed by atoms with Gasteiger partial charge in [-0.25, -0.2) is 0 Å². The molecule has 0 saturated heterocycles. The summed E-state index contributed by atoms with van der Waals surface area (Å²) in [6.45, 7) is 6.59. The molecule has 0 amide bonds. The maximum atomic E-state index is 12.8. The molecule has 0 N–H and O–H groups in total. The molecule has 0 aliphatic carbocycles. The van der Waals surface area contributed by atoms with Gasteiger partial charge in [-0.1, -0.05) is 224 Å². The van der Waals surface area contributed by atoms with E-state index in [9.17, 15) is 14.4 Å². The van der Waals surface area contributed by atoms with Gasteiger partial charge in [0.05, 0.1) is 0 Å². The van der Waals surface area contributed by atoms with Crippen molar-refractivity contribution in [2.24, 2.45) is 0 Å². The highest BCUT2D eigenvalue weighted by Crippen LogP contribution is 2.16. The smallest absolute Gasteiger partial charge is 0.306 e. The van der Waals surface area contributed by atoms with Crippen molar-refractivity contribution in [3.05, 3.63) is 36.5 Å². The van der Waals surface area contributed by atoms with Gasteiger partial charge in [0.2, 0.25) is 0 Å². The van der Waals surface area contributed by atoms with E-state index in [1.54, 1.807) is 0 Å². The van der Waals surface area contributed by atoms with Crippen LogP contribution in [-0.4, -0.2) is 37.2 Å². The van der Waals surface area contributed by atoms with Crippen LogP contribution < -0.4 is 0 Å². The minimum absolute atomic E-state index is 0.0766. The Morgan fingerprint density at radius 1 is 0.297 bits per heavy atom. The number of esters is 3. The van der Waals surface area contributed by atoms with E-state index in [0.29, 0.717) is 19.3 Å². The number of carbonyl (C=O) groups is 3. The Bertz CT molecular complexity index is 1080. The van der Waals surface area contributed by atoms with Crippen LogP contribution in [0, 0.1) is 0 Å². The molecule has 0 radical (unpaired) electrons. The second-order valence-electron chi connectivity index (χ2n) is 18.8. The fraction of sp³-hybridized carbons (Fsp3) is 0.845. The molecule has 0 aromatic carbocycles. The summed E-state index contributed by atoms with van der Waals surface area (Å²) in [6.07, 6.45) is 62.9. The van der Waals surface area contributed by atoms with Gasteiger partial charge < -0.3 is 14.2 Å². The monoisotopic (exact) mass is 899 g/mol. The summed E-state index contributed by atoms with van der Waals surface area (Å²) in [5, 5.41) is 0. The molecule has 0 aromatic rings. The molecule has 64 heavy (non-hydrogen) atoms. The van der Waals surface area contributed by atoms with Crippen LogP contribution >= 0.6 is 0 Å². The van der Waals surface area contributed by atoms with Crippen molar-refractivity contribution >= 4 is 17.9 Å². The van der Waals surface area contributed by atoms with E-state index in [0.717, 1.165) is 77.0 Å². The Hall–Kier alpha value is -2.37. The first-order valence-corrected chi connectivity index (χ1v) is 28.0. The van der Waals surface area contributed by atoms with E-state index in [2.05, 4.69) is 57.2 Å². The maximum absolute atomic E-state index is 12.8. The van der Waals surface area contributed by atoms with E-state index in [4.69, 9.17) is 14.2 Å². The second kappa shape index (κ2) is 53.2. The number of hydrogen-bond acceptors (Lipinski definition) is 6. The molecule has 0 aliphatic rings. The van der Waals surface area contributed by atoms with E-state index in [1.807, 2.05) is 0 Å². The van der Waals surface area contributed by atoms with Gasteiger partial charge in [0, 0.05) is 19.3 Å². The molecule has 0 bridgehead atoms. The minimum atomic E-state index is -0.777. The van der Waals surface area contributed by atoms with Crippen LogP contribution in [-0.2, 0) is 28.6 Å². The fourth-order valence-electron chi connectivity index (χ4n) is 8.06. The third-order valence-corrected chi connectivity index (χ3v) is 12.3. The summed E-state index contributed by atoms with van der Waals surface area (Å²) in [7, 11) is 0. The van der Waals surface area contributed by atoms with Crippen molar-refractivity contribution in [3.8, 4) is 0 Å². The van der Waals surface area contributed by atoms with Gasteiger partial charge in [-0.15, -0.1) is 0 Å². The summed E-state index contributed by atoms with van der Waals surface area (Å²) < 4.78 is 16.8. The van der Waals surface area contributed by atoms with Crippen LogP contribution in [0.1, 0.15) is 297 Å². The number of allylic oxidation sites excluding steroid dienone is 6. The summed E-state index contributed by atoms with van der Waals surface area (Å²) in [4.78, 5) is 38.0. The van der Waals surface area contributed by atoms with Crippen LogP contribution in [0.25, 0.3) is 0 Å². The molecule has 0 saturated carbocycles. The SMILES string of the molecule is CCCC/C=C\CCCCCCCC(=O)OCC(COC(=O)CCCCCCCCCCCCC/C=C\CCCCCCCCCC)OC(=O)CCCCCCC/C=C\CCCCC. The van der Waals surface area contributed by atoms with Crippen LogP contribution in [0.3, 0.4) is 0 Å². The van der Waals surface area contributed by atoms with Crippen molar-refractivity contribution in [2.75, 3.05) is 13.2 Å². The number of rotatable bonds is 51. The van der Waals surface area contributed by atoms with Gasteiger partial charge in [-0.3, -0.25) is 14.4 Å². The van der Waals surface area contributed by atoms with E-state index < -0.39 is 6.10 Å². The van der Waals surface area contributed by atoms with E-state index >= 15 is 0 Å². The fourth-order valence-corrected chi connectivity index (χ4v) is 8.06. The second-order valence-corrected chi connectivity index (χ2v) is 18.8. The Balaban J connectivity index is 4.22. The third-order valence-electron chi connectivity index (χ3n) is 12.3. The predicted octanol–water partition coefficient (Wildman–Crippen LogP) is 18.5. The maximum Gasteiger partial charge on any atom is 0.306 e. The molecule has 1 atom stereocenters. The first-order chi connectivity index (χ1) is 31.5. The molecule has 0 aromatic heterocycles. The highest BCUT2D eigenvalue weighted by atomic mass is 16.6. The third kappa shape index (κ3) is 50.6. The van der Waals surface area contributed by atoms with E-state index in [1.165, 1.54) is 180 Å². The highest BCUT2D eigenvalue weighted by molar-refractivity contribution is 5.71. The Morgan fingerprint density at radius 3 is 0.859 bits per heavy atom. The van der Waals surface area contributed by atoms with Gasteiger partial charge in [0.25, 0.3) is 0 Å². The largest absolute Gasteiger partial charge is 0.462 e. The molecule has 0 rings (SSSR count). The molecule has 374 valence electrons. The zero-order chi connectivity index (χ0) is 46.5. The summed E-state index contributed by atoms with van der Waals surface area (Å²) >= 11 is 0. The molecule has 1 unspecified atom stereocenters. The van der Waals surface area contributed by atoms with Crippen LogP contribution in [0.4, 0.5) is 0 Å². The highest BCUT2D eigenvalue weighted by Gasteiger charge is 2.19. The topological polar surface area (TPSA) is 78.9 Å². The molecule has 0 spiro atoms. The van der Waals surface area contributed by atoms with Gasteiger partial charge in [-0.05, 0) is 89.9 Å². The molecule has 0 fully saturated rings. The van der Waals surface area contributed by atoms with Crippen molar-refractivity contribution in [3.63, 3.8) is 0 Å². The van der Waals surface area contributed by atoms with Gasteiger partial charge in [0.15, 0.2) is 6.10 Å². The first kappa shape index (κ1) is 61.6. The Labute approximate surface area is 397 Å². The first-order valence-electron chi connectivity index (χ1n) is 28.0. The Kier molecular flexibility index (Phi) is 51.3. The molecular formula is C58H106O6. The number of unbranched alkanes of at least 4 members (excludes halogenated alkanes) is 34. The molecule has 0 heterocycles. The zero-order valence-electron chi connectivity index (χ0n) is 42.8. The van der Waals surface area contributed by atoms with Crippen molar-refractivity contribution in [2.45, 2.75) is 303 Å². The number of hydrogen-bond donors (Lipinski definition) is 0. The number of carbonyl (C=O) groups excluding carboxylic acids is 3. The lowest BCUT2D eigenvalue weighted by Crippen LogP contribution is -2.30. The summed E-state index contributed by atoms with van der Waals surface area (Å²) in [5.41, 5.74) is 0. The quantitative estimate of drug-likeness (QED) is 0.0262. The standard InChI is InChI=1S/C58H106O6/c1-4-7-10-13-16-19-22-24-25-26-27-28-29-30-31-32-33-34-37-39-42-45-48-51-57(60)63-54-55(53-62-56(59)50-47-44-41-38-35-21-18-15-12-9-6-3)64-58(61)52-49-46-43-40-36-23-20-17-14-11-8-5-2/h15,17-18,20,26-27,55H,4-14,16,19,21-25,28-54H2,1-3H3/b18-15-,20-17-,27-26-. The van der Waals surface area contributed by atoms with Gasteiger partial charge in [0.1, 0.15) is 13.2 Å². The average Bonchev–Trinajstić information content (AvgIpc) is 3.29. The van der Waals surface area contributed by atoms with Crippen molar-refractivity contribution in [1.82, 2.24) is 0 Å². The summed E-state index contributed by atoms with van der Waals surface area (Å²) in [6, 6.07) is 0. The van der Waals surface area contributed by atoms with Crippen LogP contribution in [0.15, 0.2) is 36.5 Å². The van der Waals surface area contributed by atoms with E-state index in [-0.39, 0.29) is 31.1 Å². The lowest BCUT2D eigenvalue weighted by Gasteiger charge is -2.18. The normalized spacial score (nSPS) is 12.2. The Morgan fingerprint density at radius 2 is 0.531 bits per heavy atom. The minimum Gasteiger partial charge on any atom is -0.462 e. The molecule has 6 heteroatoms. The van der Waals surface area contributed by atoms with Crippen LogP contribution in [0.2, 0.25) is 0 Å². The molecule has 0 aliphatic heterocycles. The van der Waals surface area contributed by atoms with Gasteiger partial charge >= 0.3 is 17.9 Å². The zero-order valence-corrected chi connectivity index (χ0v) is 42.8. The lowest BCUT2D eigenvalue weighted by molar-refractivity contribution is -0.167. The number of ether oxygens (including phenoxy) is 3. The predicted molar refractivity (Wildman–Crippen MR) is 275 cm³/mol. The molecular weight excluding hydrogens is 793 g/mol. The van der Waals surface area contributed by atoms with Crippen LogP contribution in [0.5, 0.6) is 0 Å². The lowest BCUT2D eigenvalue weighted by atomic mass is 10.0. The average molecular weight is 899 g/mol. The summed E-state index contributed by atoms with van der Waals surface area (Å²) in [5.74, 6) is -0.886.